The first-order chi connectivity index (χ1) is 11.4. The smallest absolute Gasteiger partial charge is 0.300 e. The molecule has 6 nitrogen and oxygen atoms in total. The Morgan fingerprint density at radius 2 is 1.62 bits per heavy atom. The van der Waals surface area contributed by atoms with E-state index in [1.165, 1.54) is 0 Å². The molecular formula is C18H22N2O4. The van der Waals surface area contributed by atoms with Gasteiger partial charge < -0.3 is 21.3 Å². The molecule has 0 spiro atoms. The molecule has 1 amide bonds. The zero-order chi connectivity index (χ0) is 17.9. The van der Waals surface area contributed by atoms with Crippen molar-refractivity contribution >= 4 is 11.9 Å². The number of carboxylic acid groups (broad SMARTS) is 1. The van der Waals surface area contributed by atoms with E-state index in [-0.39, 0.29) is 24.2 Å². The van der Waals surface area contributed by atoms with Gasteiger partial charge in [-0.05, 0) is 29.7 Å². The van der Waals surface area contributed by atoms with Crippen molar-refractivity contribution in [1.29, 1.82) is 0 Å². The Labute approximate surface area is 140 Å². The van der Waals surface area contributed by atoms with Crippen molar-refractivity contribution in [2.45, 2.75) is 19.4 Å². The van der Waals surface area contributed by atoms with Gasteiger partial charge in [-0.25, -0.2) is 0 Å². The molecule has 1 unspecified atom stereocenters. The van der Waals surface area contributed by atoms with Crippen LogP contribution in [-0.2, 0) is 16.0 Å². The Morgan fingerprint density at radius 1 is 1.08 bits per heavy atom. The van der Waals surface area contributed by atoms with Crippen LogP contribution in [0.2, 0.25) is 0 Å². The molecule has 2 aromatic carbocycles. The van der Waals surface area contributed by atoms with Gasteiger partial charge in [-0.1, -0.05) is 42.5 Å². The number of rotatable bonds is 5. The number of phenolic OH excluding ortho intramolecular Hbond substituents is 1. The SMILES string of the molecule is CC(=O)O.NCC(=O)NC(Cc1ccc(O)cc1)c1ccccc1. The fraction of sp³-hybridized carbons (Fsp3) is 0.222. The highest BCUT2D eigenvalue weighted by atomic mass is 16.4. The van der Waals surface area contributed by atoms with Gasteiger partial charge in [0.25, 0.3) is 5.97 Å². The van der Waals surface area contributed by atoms with Gasteiger partial charge in [0.2, 0.25) is 5.91 Å². The molecule has 2 aromatic rings. The van der Waals surface area contributed by atoms with Crippen molar-refractivity contribution in [3.63, 3.8) is 0 Å². The topological polar surface area (TPSA) is 113 Å². The van der Waals surface area contributed by atoms with Crippen LogP contribution in [-0.4, -0.2) is 28.6 Å². The third-order valence-corrected chi connectivity index (χ3v) is 3.10. The zero-order valence-electron chi connectivity index (χ0n) is 13.5. The molecule has 0 aromatic heterocycles. The van der Waals surface area contributed by atoms with Crippen LogP contribution in [0.25, 0.3) is 0 Å². The average molecular weight is 330 g/mol. The van der Waals surface area contributed by atoms with Crippen LogP contribution in [0.15, 0.2) is 54.6 Å². The fourth-order valence-electron chi connectivity index (χ4n) is 2.06. The molecule has 0 saturated carbocycles. The number of carbonyl (C=O) groups is 2. The van der Waals surface area contributed by atoms with E-state index in [0.29, 0.717) is 6.42 Å². The number of aromatic hydroxyl groups is 1. The maximum Gasteiger partial charge on any atom is 0.300 e. The van der Waals surface area contributed by atoms with E-state index in [9.17, 15) is 9.90 Å². The third kappa shape index (κ3) is 7.42. The van der Waals surface area contributed by atoms with E-state index in [4.69, 9.17) is 15.6 Å². The summed E-state index contributed by atoms with van der Waals surface area (Å²) in [5.74, 6) is -0.784. The normalized spacial score (nSPS) is 10.9. The number of benzene rings is 2. The minimum Gasteiger partial charge on any atom is -0.508 e. The van der Waals surface area contributed by atoms with Gasteiger partial charge in [0.05, 0.1) is 12.6 Å². The van der Waals surface area contributed by atoms with E-state index < -0.39 is 5.97 Å². The van der Waals surface area contributed by atoms with Crippen LogP contribution in [0.3, 0.4) is 0 Å². The Balaban J connectivity index is 0.000000648. The Bertz CT molecular complexity index is 638. The molecule has 2 rings (SSSR count). The molecule has 0 radical (unpaired) electrons. The summed E-state index contributed by atoms with van der Waals surface area (Å²) in [6, 6.07) is 16.6. The highest BCUT2D eigenvalue weighted by Crippen LogP contribution is 2.19. The minimum absolute atomic E-state index is 0.0289. The Morgan fingerprint density at radius 3 is 2.12 bits per heavy atom. The standard InChI is InChI=1S/C16H18N2O2.C2H4O2/c17-11-16(20)18-15(13-4-2-1-3-5-13)10-12-6-8-14(19)9-7-12;1-2(3)4/h1-9,15,19H,10-11,17H2,(H,18,20);1H3,(H,3,4). The maximum absolute atomic E-state index is 11.6. The van der Waals surface area contributed by atoms with E-state index in [2.05, 4.69) is 5.32 Å². The molecule has 0 heterocycles. The highest BCUT2D eigenvalue weighted by Gasteiger charge is 2.14. The highest BCUT2D eigenvalue weighted by molar-refractivity contribution is 5.78. The van der Waals surface area contributed by atoms with Crippen molar-refractivity contribution in [2.24, 2.45) is 5.73 Å². The van der Waals surface area contributed by atoms with Crippen LogP contribution >= 0.6 is 0 Å². The summed E-state index contributed by atoms with van der Waals surface area (Å²) in [6.07, 6.45) is 0.649. The predicted octanol–water partition coefficient (Wildman–Crippen LogP) is 1.84. The number of nitrogens with two attached hydrogens (primary N) is 1. The van der Waals surface area contributed by atoms with Crippen molar-refractivity contribution in [2.75, 3.05) is 6.54 Å². The van der Waals surface area contributed by atoms with E-state index in [1.807, 2.05) is 42.5 Å². The van der Waals surface area contributed by atoms with E-state index in [0.717, 1.165) is 18.1 Å². The first-order valence-electron chi connectivity index (χ1n) is 7.44. The van der Waals surface area contributed by atoms with Gasteiger partial charge in [0.1, 0.15) is 5.75 Å². The number of phenols is 1. The van der Waals surface area contributed by atoms with Crippen molar-refractivity contribution in [3.05, 3.63) is 65.7 Å². The molecule has 1 atom stereocenters. The second kappa shape index (κ2) is 10.0. The largest absolute Gasteiger partial charge is 0.508 e. The van der Waals surface area contributed by atoms with Crippen LogP contribution in [0, 0.1) is 0 Å². The second-order valence-electron chi connectivity index (χ2n) is 5.12. The monoisotopic (exact) mass is 330 g/mol. The van der Waals surface area contributed by atoms with Gasteiger partial charge in [0.15, 0.2) is 0 Å². The number of carboxylic acids is 1. The van der Waals surface area contributed by atoms with Crippen molar-refractivity contribution in [1.82, 2.24) is 5.32 Å². The molecule has 5 N–H and O–H groups in total. The lowest BCUT2D eigenvalue weighted by molar-refractivity contribution is -0.134. The number of aliphatic carboxylic acids is 1. The summed E-state index contributed by atoms with van der Waals surface area (Å²) in [5.41, 5.74) is 7.43. The molecule has 0 bridgehead atoms. The van der Waals surface area contributed by atoms with Gasteiger partial charge in [-0.3, -0.25) is 9.59 Å². The number of nitrogens with one attached hydrogen (secondary N) is 1. The molecule has 0 saturated heterocycles. The predicted molar refractivity (Wildman–Crippen MR) is 91.5 cm³/mol. The number of carbonyl (C=O) groups excluding carboxylic acids is 1. The molecule has 0 aliphatic carbocycles. The van der Waals surface area contributed by atoms with Crippen LogP contribution < -0.4 is 11.1 Å². The summed E-state index contributed by atoms with van der Waals surface area (Å²) < 4.78 is 0. The minimum atomic E-state index is -0.833. The average Bonchev–Trinajstić information content (AvgIpc) is 2.56. The van der Waals surface area contributed by atoms with Crippen molar-refractivity contribution < 1.29 is 19.8 Å². The second-order valence-corrected chi connectivity index (χ2v) is 5.12. The number of hydrogen-bond donors (Lipinski definition) is 4. The third-order valence-electron chi connectivity index (χ3n) is 3.10. The summed E-state index contributed by atoms with van der Waals surface area (Å²) in [6.45, 7) is 1.05. The summed E-state index contributed by atoms with van der Waals surface area (Å²) in [4.78, 5) is 20.6. The lowest BCUT2D eigenvalue weighted by atomic mass is 9.98. The first kappa shape index (κ1) is 19.2. The molecule has 24 heavy (non-hydrogen) atoms. The molecule has 6 heteroatoms. The lowest BCUT2D eigenvalue weighted by Crippen LogP contribution is -2.34. The first-order valence-corrected chi connectivity index (χ1v) is 7.44. The summed E-state index contributed by atoms with van der Waals surface area (Å²) in [7, 11) is 0. The quantitative estimate of drug-likeness (QED) is 0.668. The van der Waals surface area contributed by atoms with E-state index in [1.54, 1.807) is 12.1 Å². The lowest BCUT2D eigenvalue weighted by Gasteiger charge is -2.19. The molecule has 128 valence electrons. The van der Waals surface area contributed by atoms with E-state index >= 15 is 0 Å². The van der Waals surface area contributed by atoms with Crippen molar-refractivity contribution in [3.8, 4) is 5.75 Å². The Kier molecular flexibility index (Phi) is 8.01. The number of hydrogen-bond acceptors (Lipinski definition) is 4. The van der Waals surface area contributed by atoms with Gasteiger partial charge in [0, 0.05) is 6.92 Å². The molecule has 0 aliphatic heterocycles. The molecule has 0 fully saturated rings. The maximum atomic E-state index is 11.6. The van der Waals surface area contributed by atoms with Gasteiger partial charge >= 0.3 is 0 Å². The van der Waals surface area contributed by atoms with Crippen LogP contribution in [0.4, 0.5) is 0 Å². The fourth-order valence-corrected chi connectivity index (χ4v) is 2.06. The van der Waals surface area contributed by atoms with Gasteiger partial charge in [-0.2, -0.15) is 0 Å². The molecular weight excluding hydrogens is 308 g/mol. The zero-order valence-corrected chi connectivity index (χ0v) is 13.5. The van der Waals surface area contributed by atoms with Crippen LogP contribution in [0.1, 0.15) is 24.1 Å². The van der Waals surface area contributed by atoms with Gasteiger partial charge in [-0.15, -0.1) is 0 Å². The molecule has 0 aliphatic rings. The summed E-state index contributed by atoms with van der Waals surface area (Å²) in [5, 5.41) is 19.6. The summed E-state index contributed by atoms with van der Waals surface area (Å²) >= 11 is 0. The van der Waals surface area contributed by atoms with Crippen LogP contribution in [0.5, 0.6) is 5.75 Å². The number of amides is 1. The Hall–Kier alpha value is -2.86.